The van der Waals surface area contributed by atoms with Gasteiger partial charge in [0.05, 0.1) is 5.75 Å². The number of thioether (sulfide) groups is 1. The molecule has 1 rings (SSSR count). The highest BCUT2D eigenvalue weighted by Crippen LogP contribution is 2.08. The van der Waals surface area contributed by atoms with Crippen molar-refractivity contribution >= 4 is 22.7 Å². The average molecular weight is 208 g/mol. The number of benzene rings is 1. The third-order valence-corrected chi connectivity index (χ3v) is 2.45. The molecule has 0 aliphatic carbocycles. The molecule has 0 heterocycles. The number of carbonyl (C=O) groups is 1. The van der Waals surface area contributed by atoms with Gasteiger partial charge in [-0.05, 0) is 6.92 Å². The minimum absolute atomic E-state index is 0.00481. The van der Waals surface area contributed by atoms with Crippen molar-refractivity contribution in [3.05, 3.63) is 35.4 Å². The summed E-state index contributed by atoms with van der Waals surface area (Å²) in [5.74, 6) is 0.239. The van der Waals surface area contributed by atoms with E-state index in [-0.39, 0.29) is 16.7 Å². The van der Waals surface area contributed by atoms with E-state index < -0.39 is 0 Å². The molecule has 0 bridgehead atoms. The minimum Gasteiger partial charge on any atom is -0.379 e. The van der Waals surface area contributed by atoms with Crippen molar-refractivity contribution in [1.29, 1.82) is 5.41 Å². The van der Waals surface area contributed by atoms with Crippen LogP contribution in [0.25, 0.3) is 0 Å². The van der Waals surface area contributed by atoms with Gasteiger partial charge >= 0.3 is 0 Å². The van der Waals surface area contributed by atoms with Crippen LogP contribution in [0.4, 0.5) is 0 Å². The smallest absolute Gasteiger partial charge is 0.173 e. The molecule has 3 nitrogen and oxygen atoms in total. The van der Waals surface area contributed by atoms with Crippen molar-refractivity contribution in [2.75, 3.05) is 5.75 Å². The third kappa shape index (κ3) is 3.22. The number of ketones is 1. The molecule has 0 aliphatic rings. The highest BCUT2D eigenvalue weighted by atomic mass is 32.2. The molecular formula is C10H12N2OS. The van der Waals surface area contributed by atoms with E-state index in [9.17, 15) is 4.79 Å². The molecule has 0 amide bonds. The molecule has 3 N–H and O–H groups in total. The van der Waals surface area contributed by atoms with Gasteiger partial charge in [0.15, 0.2) is 11.0 Å². The number of amidine groups is 1. The summed E-state index contributed by atoms with van der Waals surface area (Å²) in [5, 5.41) is 6.95. The van der Waals surface area contributed by atoms with E-state index in [2.05, 4.69) is 0 Å². The van der Waals surface area contributed by atoms with Gasteiger partial charge in [-0.1, -0.05) is 41.6 Å². The zero-order valence-electron chi connectivity index (χ0n) is 7.91. The van der Waals surface area contributed by atoms with Crippen molar-refractivity contribution in [1.82, 2.24) is 0 Å². The molecule has 0 atom stereocenters. The molecule has 1 aromatic carbocycles. The summed E-state index contributed by atoms with van der Waals surface area (Å²) >= 11 is 1.05. The Morgan fingerprint density at radius 3 is 2.50 bits per heavy atom. The molecule has 74 valence electrons. The highest BCUT2D eigenvalue weighted by Gasteiger charge is 2.05. The number of Topliss-reactive ketones (excluding diaryl/α,β-unsaturated/α-hetero) is 1. The molecule has 0 saturated heterocycles. The topological polar surface area (TPSA) is 66.9 Å². The monoisotopic (exact) mass is 208 g/mol. The van der Waals surface area contributed by atoms with E-state index in [4.69, 9.17) is 11.1 Å². The van der Waals surface area contributed by atoms with Crippen LogP contribution in [-0.4, -0.2) is 16.7 Å². The van der Waals surface area contributed by atoms with E-state index in [1.807, 2.05) is 19.1 Å². The standard InChI is InChI=1S/C10H12N2OS/c1-7-2-4-8(5-3-7)9(13)6-14-10(11)12/h2-5H,6H2,1H3,(H3,11,12). The van der Waals surface area contributed by atoms with Gasteiger partial charge in [0, 0.05) is 5.56 Å². The van der Waals surface area contributed by atoms with Crippen molar-refractivity contribution in [2.45, 2.75) is 6.92 Å². The van der Waals surface area contributed by atoms with Crippen molar-refractivity contribution < 1.29 is 4.79 Å². The Morgan fingerprint density at radius 2 is 2.00 bits per heavy atom. The Labute approximate surface area is 87.2 Å². The molecule has 4 heteroatoms. The summed E-state index contributed by atoms with van der Waals surface area (Å²) in [6.45, 7) is 1.97. The maximum atomic E-state index is 11.5. The van der Waals surface area contributed by atoms with E-state index in [0.29, 0.717) is 5.56 Å². The van der Waals surface area contributed by atoms with Crippen LogP contribution in [0.1, 0.15) is 15.9 Å². The van der Waals surface area contributed by atoms with Gasteiger partial charge in [-0.3, -0.25) is 10.2 Å². The van der Waals surface area contributed by atoms with Gasteiger partial charge in [-0.25, -0.2) is 0 Å². The molecule has 0 aliphatic heterocycles. The summed E-state index contributed by atoms with van der Waals surface area (Å²) < 4.78 is 0. The first kappa shape index (κ1) is 10.8. The molecule has 0 radical (unpaired) electrons. The Balaban J connectivity index is 2.61. The SMILES string of the molecule is Cc1ccc(C(=O)CSC(=N)N)cc1. The van der Waals surface area contributed by atoms with Crippen LogP contribution in [0.15, 0.2) is 24.3 Å². The first-order chi connectivity index (χ1) is 6.59. The first-order valence-electron chi connectivity index (χ1n) is 4.16. The zero-order valence-corrected chi connectivity index (χ0v) is 8.73. The predicted molar refractivity (Wildman–Crippen MR) is 59.9 cm³/mol. The molecule has 0 fully saturated rings. The lowest BCUT2D eigenvalue weighted by Gasteiger charge is -2.00. The van der Waals surface area contributed by atoms with Crippen LogP contribution in [-0.2, 0) is 0 Å². The van der Waals surface area contributed by atoms with Gasteiger partial charge in [-0.15, -0.1) is 0 Å². The van der Waals surface area contributed by atoms with Crippen LogP contribution in [0.2, 0.25) is 0 Å². The third-order valence-electron chi connectivity index (χ3n) is 1.73. The van der Waals surface area contributed by atoms with Crippen LogP contribution in [0.3, 0.4) is 0 Å². The Bertz CT molecular complexity index is 346. The molecule has 0 spiro atoms. The van der Waals surface area contributed by atoms with Crippen LogP contribution in [0, 0.1) is 12.3 Å². The summed E-state index contributed by atoms with van der Waals surface area (Å²) in [5.41, 5.74) is 6.93. The van der Waals surface area contributed by atoms with Crippen molar-refractivity contribution in [3.8, 4) is 0 Å². The van der Waals surface area contributed by atoms with E-state index in [1.54, 1.807) is 12.1 Å². The van der Waals surface area contributed by atoms with E-state index >= 15 is 0 Å². The van der Waals surface area contributed by atoms with E-state index in [0.717, 1.165) is 17.3 Å². The average Bonchev–Trinajstić information content (AvgIpc) is 2.15. The second-order valence-corrected chi connectivity index (χ2v) is 3.96. The number of carbonyl (C=O) groups excluding carboxylic acids is 1. The number of nitrogens with one attached hydrogen (secondary N) is 1. The summed E-state index contributed by atoms with van der Waals surface area (Å²) in [7, 11) is 0. The molecular weight excluding hydrogens is 196 g/mol. The first-order valence-corrected chi connectivity index (χ1v) is 5.15. The largest absolute Gasteiger partial charge is 0.379 e. The molecule has 14 heavy (non-hydrogen) atoms. The molecule has 1 aromatic rings. The van der Waals surface area contributed by atoms with Gasteiger partial charge in [0.25, 0.3) is 0 Å². The summed E-state index contributed by atoms with van der Waals surface area (Å²) in [4.78, 5) is 11.5. The molecule has 0 saturated carbocycles. The fraction of sp³-hybridized carbons (Fsp3) is 0.200. The lowest BCUT2D eigenvalue weighted by molar-refractivity contribution is 0.102. The van der Waals surface area contributed by atoms with Gasteiger partial charge in [-0.2, -0.15) is 0 Å². The van der Waals surface area contributed by atoms with Crippen molar-refractivity contribution in [2.24, 2.45) is 5.73 Å². The van der Waals surface area contributed by atoms with Gasteiger partial charge in [0.1, 0.15) is 0 Å². The quantitative estimate of drug-likeness (QED) is 0.452. The molecule has 0 unspecified atom stereocenters. The molecule has 0 aromatic heterocycles. The predicted octanol–water partition coefficient (Wildman–Crippen LogP) is 1.80. The number of rotatable bonds is 3. The van der Waals surface area contributed by atoms with Crippen LogP contribution >= 0.6 is 11.8 Å². The van der Waals surface area contributed by atoms with Crippen LogP contribution in [0.5, 0.6) is 0 Å². The number of hydrogen-bond donors (Lipinski definition) is 2. The number of nitrogens with two attached hydrogens (primary N) is 1. The second-order valence-electron chi connectivity index (χ2n) is 2.94. The van der Waals surface area contributed by atoms with Crippen molar-refractivity contribution in [3.63, 3.8) is 0 Å². The van der Waals surface area contributed by atoms with Crippen LogP contribution < -0.4 is 5.73 Å². The Morgan fingerprint density at radius 1 is 1.43 bits per heavy atom. The fourth-order valence-corrected chi connectivity index (χ4v) is 1.42. The maximum absolute atomic E-state index is 11.5. The maximum Gasteiger partial charge on any atom is 0.173 e. The Hall–Kier alpha value is -1.29. The van der Waals surface area contributed by atoms with E-state index in [1.165, 1.54) is 0 Å². The summed E-state index contributed by atoms with van der Waals surface area (Å²) in [6, 6.07) is 7.37. The normalized spacial score (nSPS) is 9.79. The highest BCUT2D eigenvalue weighted by molar-refractivity contribution is 8.14. The minimum atomic E-state index is -0.0227. The number of hydrogen-bond acceptors (Lipinski definition) is 3. The lowest BCUT2D eigenvalue weighted by atomic mass is 10.1. The zero-order chi connectivity index (χ0) is 10.6. The second kappa shape index (κ2) is 4.81. The Kier molecular flexibility index (Phi) is 3.71. The summed E-state index contributed by atoms with van der Waals surface area (Å²) in [6.07, 6.45) is 0. The fourth-order valence-electron chi connectivity index (χ4n) is 0.966. The van der Waals surface area contributed by atoms with Gasteiger partial charge < -0.3 is 5.73 Å². The van der Waals surface area contributed by atoms with Gasteiger partial charge in [0.2, 0.25) is 0 Å². The number of aryl methyl sites for hydroxylation is 1. The lowest BCUT2D eigenvalue weighted by Crippen LogP contribution is -2.10.